The van der Waals surface area contributed by atoms with E-state index in [1.807, 2.05) is 0 Å². The molecule has 1 heterocycles. The molecule has 1 aromatic heterocycles. The molecule has 2 aliphatic carbocycles. The molecule has 2 aliphatic rings. The lowest BCUT2D eigenvalue weighted by Crippen LogP contribution is -2.26. The third-order valence-corrected chi connectivity index (χ3v) is 14.2. The summed E-state index contributed by atoms with van der Waals surface area (Å²) in [5, 5.41) is 6.91. The van der Waals surface area contributed by atoms with Crippen molar-refractivity contribution in [1.29, 1.82) is 0 Å². The van der Waals surface area contributed by atoms with Crippen molar-refractivity contribution in [1.82, 2.24) is 0 Å². The Bertz CT molecular complexity index is 3750. The van der Waals surface area contributed by atoms with E-state index in [4.69, 9.17) is 4.42 Å². The smallest absolute Gasteiger partial charge is 0.145 e. The van der Waals surface area contributed by atoms with Crippen LogP contribution >= 0.6 is 0 Å². The first-order valence-corrected chi connectivity index (χ1v) is 22.8. The molecular formula is C63H40N2O. The maximum Gasteiger partial charge on any atom is 0.145 e. The summed E-state index contributed by atoms with van der Waals surface area (Å²) in [6.07, 6.45) is 0. The van der Waals surface area contributed by atoms with E-state index in [1.165, 1.54) is 60.7 Å². The van der Waals surface area contributed by atoms with Crippen LogP contribution in [0.3, 0.4) is 0 Å². The number of para-hydroxylation sites is 5. The van der Waals surface area contributed by atoms with Gasteiger partial charge in [0, 0.05) is 44.6 Å². The summed E-state index contributed by atoms with van der Waals surface area (Å²) in [4.78, 5) is 4.79. The molecule has 11 aromatic carbocycles. The minimum Gasteiger partial charge on any atom is -0.455 e. The maximum absolute atomic E-state index is 7.05. The van der Waals surface area contributed by atoms with Crippen LogP contribution in [-0.2, 0) is 5.41 Å². The van der Waals surface area contributed by atoms with Gasteiger partial charge >= 0.3 is 0 Å². The Hall–Kier alpha value is -8.66. The van der Waals surface area contributed by atoms with Crippen LogP contribution in [0.15, 0.2) is 247 Å². The molecular weight excluding hydrogens is 801 g/mol. The van der Waals surface area contributed by atoms with Crippen LogP contribution in [0.2, 0.25) is 0 Å². The van der Waals surface area contributed by atoms with E-state index in [1.54, 1.807) is 0 Å². The summed E-state index contributed by atoms with van der Waals surface area (Å²) in [5.74, 6) is 0. The summed E-state index contributed by atoms with van der Waals surface area (Å²) < 4.78 is 7.05. The number of benzene rings is 11. The highest BCUT2D eigenvalue weighted by atomic mass is 16.3. The van der Waals surface area contributed by atoms with Crippen molar-refractivity contribution < 1.29 is 4.42 Å². The fourth-order valence-corrected chi connectivity index (χ4v) is 11.6. The summed E-state index contributed by atoms with van der Waals surface area (Å²) in [5.41, 5.74) is 18.0. The molecule has 0 atom stereocenters. The van der Waals surface area contributed by atoms with Gasteiger partial charge in [-0.2, -0.15) is 0 Å². The number of furan rings is 1. The normalized spacial score (nSPS) is 13.0. The van der Waals surface area contributed by atoms with Gasteiger partial charge in [-0.05, 0) is 140 Å². The third-order valence-electron chi connectivity index (χ3n) is 14.2. The Kier molecular flexibility index (Phi) is 7.90. The molecule has 308 valence electrons. The molecule has 0 saturated heterocycles. The van der Waals surface area contributed by atoms with Crippen LogP contribution in [0, 0.1) is 0 Å². The van der Waals surface area contributed by atoms with Gasteiger partial charge < -0.3 is 14.2 Å². The zero-order valence-electron chi connectivity index (χ0n) is 35.9. The highest BCUT2D eigenvalue weighted by Crippen LogP contribution is 2.66. The average Bonchev–Trinajstić information content (AvgIpc) is 4.02. The predicted molar refractivity (Wildman–Crippen MR) is 274 cm³/mol. The highest BCUT2D eigenvalue weighted by Gasteiger charge is 2.53. The standard InChI is InChI=1S/C63H40N2O/c1-5-19-42(20-6-1)64(43-21-7-2-8-22-43)46-34-36-47-41(39-46)33-35-53-59-52-38-37-51-50-29-15-18-32-58(50)66-62(51)60(52)57(65(44-23-9-3-10-24-44)45-25-11-4-12-26-45)40-56(59)63(61(47)53)54-30-16-13-27-48(54)49-28-14-17-31-55(49)63/h1-40H. The molecule has 12 aromatic rings. The average molecular weight is 841 g/mol. The van der Waals surface area contributed by atoms with Gasteiger partial charge in [-0.25, -0.2) is 0 Å². The lowest BCUT2D eigenvalue weighted by atomic mass is 9.69. The zero-order valence-corrected chi connectivity index (χ0v) is 35.9. The Balaban J connectivity index is 1.14. The van der Waals surface area contributed by atoms with Crippen LogP contribution in [0.4, 0.5) is 34.1 Å². The molecule has 1 spiro atoms. The Labute approximate surface area is 382 Å². The molecule has 0 N–H and O–H groups in total. The molecule has 3 nitrogen and oxygen atoms in total. The van der Waals surface area contributed by atoms with Gasteiger partial charge in [0.05, 0.1) is 11.1 Å². The van der Waals surface area contributed by atoms with E-state index >= 15 is 0 Å². The minimum atomic E-state index is -0.637. The predicted octanol–water partition coefficient (Wildman–Crippen LogP) is 17.2. The Morgan fingerprint density at radius 2 is 0.848 bits per heavy atom. The van der Waals surface area contributed by atoms with Crippen LogP contribution in [0.1, 0.15) is 22.3 Å². The van der Waals surface area contributed by atoms with Crippen LogP contribution in [0.5, 0.6) is 0 Å². The molecule has 0 unspecified atom stereocenters. The van der Waals surface area contributed by atoms with E-state index < -0.39 is 5.41 Å². The first-order valence-electron chi connectivity index (χ1n) is 22.8. The summed E-state index contributed by atoms with van der Waals surface area (Å²) in [6, 6.07) is 88.7. The minimum absolute atomic E-state index is 0.637. The number of hydrogen-bond donors (Lipinski definition) is 0. The summed E-state index contributed by atoms with van der Waals surface area (Å²) in [7, 11) is 0. The number of nitrogens with zero attached hydrogens (tertiary/aromatic N) is 2. The fourth-order valence-electron chi connectivity index (χ4n) is 11.6. The van der Waals surface area contributed by atoms with Crippen molar-refractivity contribution >= 4 is 77.6 Å². The second-order valence-corrected chi connectivity index (χ2v) is 17.5. The number of hydrogen-bond acceptors (Lipinski definition) is 3. The van der Waals surface area contributed by atoms with Crippen molar-refractivity contribution in [3.8, 4) is 22.3 Å². The highest BCUT2D eigenvalue weighted by molar-refractivity contribution is 6.24. The van der Waals surface area contributed by atoms with Gasteiger partial charge in [0.2, 0.25) is 0 Å². The van der Waals surface area contributed by atoms with E-state index in [-0.39, 0.29) is 0 Å². The molecule has 14 rings (SSSR count). The van der Waals surface area contributed by atoms with E-state index in [2.05, 4.69) is 252 Å². The lowest BCUT2D eigenvalue weighted by Gasteiger charge is -2.33. The number of rotatable bonds is 6. The summed E-state index contributed by atoms with van der Waals surface area (Å²) in [6.45, 7) is 0. The SMILES string of the molecule is c1ccc(N(c2ccccc2)c2ccc3c4c(ccc3c2)-c2c(cc(N(c3ccccc3)c3ccccc3)c3c2ccc2c5ccccc5oc23)C42c3ccccc3-c3ccccc32)cc1. The van der Waals surface area contributed by atoms with Gasteiger partial charge in [0.15, 0.2) is 0 Å². The van der Waals surface area contributed by atoms with Gasteiger partial charge in [0.25, 0.3) is 0 Å². The molecule has 0 aliphatic heterocycles. The third kappa shape index (κ3) is 5.08. The first-order chi connectivity index (χ1) is 32.8. The van der Waals surface area contributed by atoms with Gasteiger partial charge in [0.1, 0.15) is 11.2 Å². The van der Waals surface area contributed by atoms with Crippen molar-refractivity contribution in [3.05, 3.63) is 265 Å². The quantitative estimate of drug-likeness (QED) is 0.166. The molecule has 3 heteroatoms. The molecule has 0 bridgehead atoms. The Morgan fingerprint density at radius 3 is 1.47 bits per heavy atom. The largest absolute Gasteiger partial charge is 0.455 e. The van der Waals surface area contributed by atoms with Crippen LogP contribution in [0.25, 0.3) is 65.7 Å². The van der Waals surface area contributed by atoms with Crippen molar-refractivity contribution in [3.63, 3.8) is 0 Å². The van der Waals surface area contributed by atoms with Crippen LogP contribution in [-0.4, -0.2) is 0 Å². The summed E-state index contributed by atoms with van der Waals surface area (Å²) >= 11 is 0. The van der Waals surface area contributed by atoms with Gasteiger partial charge in [-0.15, -0.1) is 0 Å². The second kappa shape index (κ2) is 14.2. The lowest BCUT2D eigenvalue weighted by molar-refractivity contribution is 0.672. The van der Waals surface area contributed by atoms with E-state index in [0.29, 0.717) is 0 Å². The molecule has 0 saturated carbocycles. The second-order valence-electron chi connectivity index (χ2n) is 17.5. The van der Waals surface area contributed by atoms with Gasteiger partial charge in [-0.3, -0.25) is 0 Å². The molecule has 66 heavy (non-hydrogen) atoms. The van der Waals surface area contributed by atoms with Crippen molar-refractivity contribution in [2.24, 2.45) is 0 Å². The van der Waals surface area contributed by atoms with Gasteiger partial charge in [-0.1, -0.05) is 164 Å². The molecule has 0 amide bonds. The topological polar surface area (TPSA) is 19.6 Å². The van der Waals surface area contributed by atoms with Crippen molar-refractivity contribution in [2.45, 2.75) is 5.41 Å². The van der Waals surface area contributed by atoms with Crippen molar-refractivity contribution in [2.75, 3.05) is 9.80 Å². The number of fused-ring (bicyclic) bond motifs is 18. The van der Waals surface area contributed by atoms with E-state index in [0.717, 1.165) is 61.4 Å². The van der Waals surface area contributed by atoms with Crippen LogP contribution < -0.4 is 9.80 Å². The maximum atomic E-state index is 7.05. The molecule has 0 fully saturated rings. The first kappa shape index (κ1) is 36.8. The van der Waals surface area contributed by atoms with E-state index in [9.17, 15) is 0 Å². The monoisotopic (exact) mass is 840 g/mol. The number of anilines is 6. The fraction of sp³-hybridized carbons (Fsp3) is 0.0159. The zero-order chi connectivity index (χ0) is 43.3. The Morgan fingerprint density at radius 1 is 0.333 bits per heavy atom. The molecule has 0 radical (unpaired) electrons.